The highest BCUT2D eigenvalue weighted by molar-refractivity contribution is 7.99. The predicted molar refractivity (Wildman–Crippen MR) is 140 cm³/mol. The molecule has 0 rings (SSSR count). The predicted octanol–water partition coefficient (Wildman–Crippen LogP) is 6.30. The summed E-state index contributed by atoms with van der Waals surface area (Å²) in [6.07, 6.45) is 0.725. The average molecular weight is 523 g/mol. The quantitative estimate of drug-likeness (QED) is 0.135. The molecule has 0 bridgehead atoms. The molecular weight excluding hydrogens is 478 g/mol. The van der Waals surface area contributed by atoms with Gasteiger partial charge in [-0.25, -0.2) is 9.34 Å². The van der Waals surface area contributed by atoms with Crippen LogP contribution in [0.25, 0.3) is 0 Å². The van der Waals surface area contributed by atoms with Crippen molar-refractivity contribution in [3.8, 4) is 12.1 Å². The Balaban J connectivity index is 4.55. The topological polar surface area (TPSA) is 91.0 Å². The van der Waals surface area contributed by atoms with Gasteiger partial charge in [0.2, 0.25) is 0 Å². The maximum Gasteiger partial charge on any atom is 0.259 e. The first-order valence-electron chi connectivity index (χ1n) is 11.7. The van der Waals surface area contributed by atoms with Crippen LogP contribution in [0.3, 0.4) is 0 Å². The van der Waals surface area contributed by atoms with E-state index >= 15 is 0 Å². The Morgan fingerprint density at radius 1 is 0.606 bits per heavy atom. The minimum absolute atomic E-state index is 0.296. The molecule has 0 saturated heterocycles. The average Bonchev–Trinajstić information content (AvgIpc) is 2.71. The summed E-state index contributed by atoms with van der Waals surface area (Å²) >= 11 is 1.77. The monoisotopic (exact) mass is 522 g/mol. The summed E-state index contributed by atoms with van der Waals surface area (Å²) in [4.78, 5) is 0. The van der Waals surface area contributed by atoms with Crippen molar-refractivity contribution in [1.82, 2.24) is 9.34 Å². The number of thioether (sulfide) groups is 1. The molecular formula is C22H44N4O4P2S. The zero-order chi connectivity index (χ0) is 25.2. The molecule has 0 aliphatic rings. The van der Waals surface area contributed by atoms with Crippen LogP contribution in [0.2, 0.25) is 0 Å². The zero-order valence-corrected chi connectivity index (χ0v) is 24.3. The fourth-order valence-corrected chi connectivity index (χ4v) is 7.11. The van der Waals surface area contributed by atoms with Crippen LogP contribution in [0.4, 0.5) is 0 Å². The van der Waals surface area contributed by atoms with Gasteiger partial charge in [0.1, 0.15) is 0 Å². The van der Waals surface area contributed by atoms with E-state index in [-0.39, 0.29) is 0 Å². The largest absolute Gasteiger partial charge is 0.321 e. The van der Waals surface area contributed by atoms with Crippen molar-refractivity contribution in [1.29, 1.82) is 10.5 Å². The van der Waals surface area contributed by atoms with Gasteiger partial charge in [-0.1, -0.05) is 0 Å². The molecule has 0 aromatic carbocycles. The molecule has 0 amide bonds. The number of hydrogen-bond donors (Lipinski definition) is 0. The Labute approximate surface area is 209 Å². The summed E-state index contributed by atoms with van der Waals surface area (Å²) in [7, 11) is -2.39. The highest BCUT2D eigenvalue weighted by Crippen LogP contribution is 2.47. The second-order valence-corrected chi connectivity index (χ2v) is 12.5. The van der Waals surface area contributed by atoms with Crippen molar-refractivity contribution in [2.75, 3.05) is 37.9 Å². The fourth-order valence-electron chi connectivity index (χ4n) is 3.08. The van der Waals surface area contributed by atoms with Gasteiger partial charge >= 0.3 is 0 Å². The molecule has 0 heterocycles. The second-order valence-electron chi connectivity index (χ2n) is 8.37. The smallest absolute Gasteiger partial charge is 0.259 e. The third kappa shape index (κ3) is 14.8. The Morgan fingerprint density at radius 2 is 0.909 bits per heavy atom. The van der Waals surface area contributed by atoms with Gasteiger partial charge in [0.15, 0.2) is 0 Å². The van der Waals surface area contributed by atoms with Crippen LogP contribution < -0.4 is 0 Å². The van der Waals surface area contributed by atoms with E-state index in [0.29, 0.717) is 63.4 Å². The van der Waals surface area contributed by atoms with Crippen molar-refractivity contribution in [2.45, 2.75) is 92.4 Å². The summed E-state index contributed by atoms with van der Waals surface area (Å²) in [6.45, 7) is 19.0. The SMILES string of the molecule is CC(C)N(C(C)C)P(OCCC#N)OCCSCCOP(OCCC#N)N(C(C)C)C(C)C. The third-order valence-electron chi connectivity index (χ3n) is 4.18. The van der Waals surface area contributed by atoms with Gasteiger partial charge in [-0.3, -0.25) is 0 Å². The van der Waals surface area contributed by atoms with Gasteiger partial charge < -0.3 is 18.1 Å². The van der Waals surface area contributed by atoms with E-state index in [1.807, 2.05) is 0 Å². The molecule has 0 aromatic rings. The lowest BCUT2D eigenvalue weighted by Gasteiger charge is -2.35. The summed E-state index contributed by atoms with van der Waals surface area (Å²) in [5.74, 6) is 1.66. The van der Waals surface area contributed by atoms with Gasteiger partial charge in [-0.2, -0.15) is 22.3 Å². The Bertz CT molecular complexity index is 510. The minimum Gasteiger partial charge on any atom is -0.321 e. The van der Waals surface area contributed by atoms with E-state index in [4.69, 9.17) is 28.6 Å². The molecule has 33 heavy (non-hydrogen) atoms. The van der Waals surface area contributed by atoms with E-state index in [0.717, 1.165) is 11.5 Å². The number of nitriles is 2. The number of hydrogen-bond acceptors (Lipinski definition) is 9. The molecule has 0 aliphatic heterocycles. The van der Waals surface area contributed by atoms with Crippen molar-refractivity contribution in [2.24, 2.45) is 0 Å². The first-order chi connectivity index (χ1) is 15.7. The van der Waals surface area contributed by atoms with Gasteiger partial charge in [-0.15, -0.1) is 0 Å². The van der Waals surface area contributed by atoms with Crippen LogP contribution in [0.15, 0.2) is 0 Å². The summed E-state index contributed by atoms with van der Waals surface area (Å²) in [6, 6.07) is 5.43. The van der Waals surface area contributed by atoms with Crippen molar-refractivity contribution in [3.63, 3.8) is 0 Å². The minimum atomic E-state index is -1.19. The molecule has 0 fully saturated rings. The zero-order valence-electron chi connectivity index (χ0n) is 21.7. The summed E-state index contributed by atoms with van der Waals surface area (Å²) in [5, 5.41) is 17.6. The number of rotatable bonds is 20. The molecule has 0 N–H and O–H groups in total. The van der Waals surface area contributed by atoms with E-state index in [1.54, 1.807) is 11.8 Å². The van der Waals surface area contributed by atoms with Crippen molar-refractivity contribution in [3.05, 3.63) is 0 Å². The van der Waals surface area contributed by atoms with Crippen LogP contribution in [-0.4, -0.2) is 71.4 Å². The Morgan fingerprint density at radius 3 is 1.18 bits per heavy atom. The van der Waals surface area contributed by atoms with E-state index < -0.39 is 17.1 Å². The van der Waals surface area contributed by atoms with Gasteiger partial charge in [0.25, 0.3) is 17.1 Å². The standard InChI is InChI=1S/C22H44N4O4P2S/c1-19(2)25(20(3)4)31(27-13-9-11-23)29-15-17-33-18-16-30-32(28-14-10-12-24)26(21(5)6)22(7)8/h19-22H,9-10,13-18H2,1-8H3. The maximum atomic E-state index is 8.81. The van der Waals surface area contributed by atoms with Crippen LogP contribution in [0.5, 0.6) is 0 Å². The van der Waals surface area contributed by atoms with E-state index in [9.17, 15) is 0 Å². The van der Waals surface area contributed by atoms with Crippen molar-refractivity contribution < 1.29 is 18.1 Å². The molecule has 2 unspecified atom stereocenters. The maximum absolute atomic E-state index is 8.81. The molecule has 0 aliphatic carbocycles. The van der Waals surface area contributed by atoms with Crippen LogP contribution in [-0.2, 0) is 18.1 Å². The van der Waals surface area contributed by atoms with Crippen molar-refractivity contribution >= 4 is 28.8 Å². The molecule has 8 nitrogen and oxygen atoms in total. The second kappa shape index (κ2) is 20.2. The summed E-state index contributed by atoms with van der Waals surface area (Å²) < 4.78 is 28.5. The van der Waals surface area contributed by atoms with Gasteiger partial charge in [0.05, 0.1) is 51.4 Å². The first-order valence-corrected chi connectivity index (χ1v) is 15.1. The lowest BCUT2D eigenvalue weighted by molar-refractivity contribution is 0.182. The van der Waals surface area contributed by atoms with Crippen LogP contribution >= 0.6 is 28.8 Å². The lowest BCUT2D eigenvalue weighted by Crippen LogP contribution is -2.34. The summed E-state index contributed by atoms with van der Waals surface area (Å²) in [5.41, 5.74) is 0. The number of nitrogens with zero attached hydrogens (tertiary/aromatic N) is 4. The molecule has 0 spiro atoms. The highest BCUT2D eigenvalue weighted by Gasteiger charge is 2.28. The Kier molecular flexibility index (Phi) is 20.1. The third-order valence-corrected chi connectivity index (χ3v) is 9.31. The van der Waals surface area contributed by atoms with E-state index in [1.165, 1.54) is 0 Å². The highest BCUT2D eigenvalue weighted by atomic mass is 32.2. The fraction of sp³-hybridized carbons (Fsp3) is 0.909. The van der Waals surface area contributed by atoms with Crippen LogP contribution in [0.1, 0.15) is 68.2 Å². The molecule has 0 saturated carbocycles. The lowest BCUT2D eigenvalue weighted by atomic mass is 10.3. The molecule has 2 atom stereocenters. The van der Waals surface area contributed by atoms with E-state index in [2.05, 4.69) is 76.9 Å². The molecule has 0 aromatic heterocycles. The normalized spacial score (nSPS) is 13.9. The molecule has 0 radical (unpaired) electrons. The first kappa shape index (κ1) is 33.0. The van der Waals surface area contributed by atoms with Gasteiger partial charge in [-0.05, 0) is 55.4 Å². The van der Waals surface area contributed by atoms with Crippen LogP contribution in [0, 0.1) is 22.7 Å². The van der Waals surface area contributed by atoms with Gasteiger partial charge in [0, 0.05) is 35.7 Å². The molecule has 192 valence electrons. The Hall–Kier alpha value is -0.0500. The molecule has 11 heteroatoms.